The molecule has 1 saturated heterocycles. The molecule has 2 nitrogen and oxygen atoms in total. The Bertz CT molecular complexity index is 298. The molecule has 2 atom stereocenters. The molecule has 110 valence electrons. The van der Waals surface area contributed by atoms with Gasteiger partial charge in [0.2, 0.25) is 0 Å². The molecule has 1 N–H and O–H groups in total. The summed E-state index contributed by atoms with van der Waals surface area (Å²) in [6.45, 7) is 9.83. The van der Waals surface area contributed by atoms with E-state index in [4.69, 9.17) is 0 Å². The van der Waals surface area contributed by atoms with Crippen LogP contribution >= 0.6 is 0 Å². The number of nitrogens with zero attached hydrogens (tertiary/aromatic N) is 1. The van der Waals surface area contributed by atoms with Crippen molar-refractivity contribution in [3.05, 3.63) is 0 Å². The average Bonchev–Trinajstić information content (AvgIpc) is 3.22. The summed E-state index contributed by atoms with van der Waals surface area (Å²) in [5, 5.41) is 3.83. The zero-order valence-corrected chi connectivity index (χ0v) is 13.1. The molecule has 0 amide bonds. The smallest absolute Gasteiger partial charge is 0.0224 e. The molecule has 2 aliphatic carbocycles. The van der Waals surface area contributed by atoms with Crippen molar-refractivity contribution in [2.75, 3.05) is 13.1 Å². The van der Waals surface area contributed by atoms with Crippen molar-refractivity contribution >= 4 is 0 Å². The summed E-state index contributed by atoms with van der Waals surface area (Å²) in [6.07, 6.45) is 9.96. The Morgan fingerprint density at radius 3 is 2.37 bits per heavy atom. The normalized spacial score (nSPS) is 37.4. The summed E-state index contributed by atoms with van der Waals surface area (Å²) in [5.74, 6) is 1.00. The van der Waals surface area contributed by atoms with Gasteiger partial charge in [-0.3, -0.25) is 4.90 Å². The van der Waals surface area contributed by atoms with Gasteiger partial charge in [0, 0.05) is 31.2 Å². The fraction of sp³-hybridized carbons (Fsp3) is 1.00. The molecule has 3 aliphatic rings. The molecule has 19 heavy (non-hydrogen) atoms. The van der Waals surface area contributed by atoms with E-state index in [-0.39, 0.29) is 0 Å². The van der Waals surface area contributed by atoms with Gasteiger partial charge in [-0.15, -0.1) is 0 Å². The van der Waals surface area contributed by atoms with Crippen molar-refractivity contribution in [1.29, 1.82) is 0 Å². The molecule has 0 aromatic heterocycles. The van der Waals surface area contributed by atoms with Crippen LogP contribution in [0.5, 0.6) is 0 Å². The minimum Gasteiger partial charge on any atom is -0.311 e. The Kier molecular flexibility index (Phi) is 3.92. The summed E-state index contributed by atoms with van der Waals surface area (Å²) < 4.78 is 0. The Labute approximate surface area is 119 Å². The van der Waals surface area contributed by atoms with E-state index in [2.05, 4.69) is 31.0 Å². The Morgan fingerprint density at radius 1 is 1.11 bits per heavy atom. The van der Waals surface area contributed by atoms with Crippen molar-refractivity contribution in [2.45, 2.75) is 83.8 Å². The first kappa shape index (κ1) is 13.9. The van der Waals surface area contributed by atoms with Gasteiger partial charge in [-0.1, -0.05) is 20.8 Å². The number of rotatable bonds is 3. The van der Waals surface area contributed by atoms with E-state index in [1.165, 1.54) is 58.0 Å². The molecule has 0 spiro atoms. The van der Waals surface area contributed by atoms with Crippen LogP contribution in [0.25, 0.3) is 0 Å². The maximum Gasteiger partial charge on any atom is 0.0224 e. The molecule has 3 rings (SSSR count). The zero-order valence-electron chi connectivity index (χ0n) is 13.1. The van der Waals surface area contributed by atoms with Crippen LogP contribution in [0.3, 0.4) is 0 Å². The van der Waals surface area contributed by atoms with Gasteiger partial charge in [0.15, 0.2) is 0 Å². The van der Waals surface area contributed by atoms with E-state index in [0.29, 0.717) is 5.41 Å². The minimum absolute atomic E-state index is 0.599. The predicted molar refractivity (Wildman–Crippen MR) is 81.3 cm³/mol. The fourth-order valence-corrected chi connectivity index (χ4v) is 4.20. The van der Waals surface area contributed by atoms with Crippen molar-refractivity contribution in [2.24, 2.45) is 11.3 Å². The van der Waals surface area contributed by atoms with Crippen LogP contribution in [0.2, 0.25) is 0 Å². The van der Waals surface area contributed by atoms with E-state index in [1.807, 2.05) is 0 Å². The predicted octanol–water partition coefficient (Wildman–Crippen LogP) is 3.42. The third kappa shape index (κ3) is 3.16. The Hall–Kier alpha value is -0.0800. The van der Waals surface area contributed by atoms with Crippen LogP contribution in [0.15, 0.2) is 0 Å². The number of nitrogens with one attached hydrogen (secondary N) is 1. The lowest BCUT2D eigenvalue weighted by Crippen LogP contribution is -2.60. The SMILES string of the molecule is CCC1CNC(C2CC2)CN1C1CCC(C)(C)CC1. The lowest BCUT2D eigenvalue weighted by Gasteiger charge is -2.48. The van der Waals surface area contributed by atoms with Crippen molar-refractivity contribution < 1.29 is 0 Å². The molecule has 2 unspecified atom stereocenters. The van der Waals surface area contributed by atoms with E-state index in [1.54, 1.807) is 0 Å². The quantitative estimate of drug-likeness (QED) is 0.840. The summed E-state index contributed by atoms with van der Waals surface area (Å²) >= 11 is 0. The molecule has 2 saturated carbocycles. The van der Waals surface area contributed by atoms with Crippen molar-refractivity contribution in [1.82, 2.24) is 10.2 Å². The largest absolute Gasteiger partial charge is 0.311 e. The fourth-order valence-electron chi connectivity index (χ4n) is 4.20. The third-order valence-electron chi connectivity index (χ3n) is 5.93. The van der Waals surface area contributed by atoms with Crippen LogP contribution in [-0.2, 0) is 0 Å². The highest BCUT2D eigenvalue weighted by Crippen LogP contribution is 2.40. The van der Waals surface area contributed by atoms with Crippen LogP contribution in [0.1, 0.15) is 65.7 Å². The van der Waals surface area contributed by atoms with Crippen LogP contribution < -0.4 is 5.32 Å². The average molecular weight is 264 g/mol. The minimum atomic E-state index is 0.599. The summed E-state index contributed by atoms with van der Waals surface area (Å²) in [6, 6.07) is 2.47. The third-order valence-corrected chi connectivity index (χ3v) is 5.93. The summed E-state index contributed by atoms with van der Waals surface area (Å²) in [4.78, 5) is 2.90. The lowest BCUT2D eigenvalue weighted by atomic mass is 9.74. The van der Waals surface area contributed by atoms with Crippen LogP contribution in [-0.4, -0.2) is 36.1 Å². The van der Waals surface area contributed by atoms with Gasteiger partial charge in [-0.2, -0.15) is 0 Å². The van der Waals surface area contributed by atoms with E-state index in [0.717, 1.165) is 24.0 Å². The second kappa shape index (κ2) is 5.37. The molecule has 1 heterocycles. The first-order chi connectivity index (χ1) is 9.09. The van der Waals surface area contributed by atoms with Crippen LogP contribution in [0.4, 0.5) is 0 Å². The highest BCUT2D eigenvalue weighted by molar-refractivity contribution is 4.97. The molecule has 0 aromatic carbocycles. The molecule has 2 heteroatoms. The van der Waals surface area contributed by atoms with Crippen molar-refractivity contribution in [3.63, 3.8) is 0 Å². The molecular weight excluding hydrogens is 232 g/mol. The van der Waals surface area contributed by atoms with Gasteiger partial charge in [0.25, 0.3) is 0 Å². The highest BCUT2D eigenvalue weighted by Gasteiger charge is 2.40. The van der Waals surface area contributed by atoms with Gasteiger partial charge in [0.1, 0.15) is 0 Å². The molecule has 3 fully saturated rings. The molecule has 1 aliphatic heterocycles. The monoisotopic (exact) mass is 264 g/mol. The van der Waals surface area contributed by atoms with Gasteiger partial charge in [0.05, 0.1) is 0 Å². The van der Waals surface area contributed by atoms with Gasteiger partial charge < -0.3 is 5.32 Å². The summed E-state index contributed by atoms with van der Waals surface area (Å²) in [7, 11) is 0. The maximum absolute atomic E-state index is 3.83. The Morgan fingerprint density at radius 2 is 1.79 bits per heavy atom. The topological polar surface area (TPSA) is 15.3 Å². The van der Waals surface area contributed by atoms with Crippen LogP contribution in [0, 0.1) is 11.3 Å². The second-order valence-electron chi connectivity index (χ2n) is 8.01. The van der Waals surface area contributed by atoms with Gasteiger partial charge in [-0.25, -0.2) is 0 Å². The first-order valence-electron chi connectivity index (χ1n) is 8.58. The second-order valence-corrected chi connectivity index (χ2v) is 8.01. The number of hydrogen-bond acceptors (Lipinski definition) is 2. The first-order valence-corrected chi connectivity index (χ1v) is 8.58. The molecule has 0 aromatic rings. The lowest BCUT2D eigenvalue weighted by molar-refractivity contribution is 0.0349. The van der Waals surface area contributed by atoms with Gasteiger partial charge in [-0.05, 0) is 56.3 Å². The Balaban J connectivity index is 1.62. The maximum atomic E-state index is 3.83. The number of piperazine rings is 1. The van der Waals surface area contributed by atoms with Crippen molar-refractivity contribution in [3.8, 4) is 0 Å². The summed E-state index contributed by atoms with van der Waals surface area (Å²) in [5.41, 5.74) is 0.599. The molecule has 0 radical (unpaired) electrons. The van der Waals surface area contributed by atoms with Gasteiger partial charge >= 0.3 is 0 Å². The van der Waals surface area contributed by atoms with E-state index >= 15 is 0 Å². The molecule has 0 bridgehead atoms. The zero-order chi connectivity index (χ0) is 13.5. The van der Waals surface area contributed by atoms with E-state index < -0.39 is 0 Å². The highest BCUT2D eigenvalue weighted by atomic mass is 15.3. The number of hydrogen-bond donors (Lipinski definition) is 1. The standard InChI is InChI=1S/C17H32N2/c1-4-14-11-18-16(13-5-6-13)12-19(14)15-7-9-17(2,3)10-8-15/h13-16,18H,4-12H2,1-3H3. The molecular formula is C17H32N2. The van der Waals surface area contributed by atoms with E-state index in [9.17, 15) is 0 Å².